The highest BCUT2D eigenvalue weighted by Crippen LogP contribution is 2.25. The van der Waals surface area contributed by atoms with Crippen LogP contribution in [0.5, 0.6) is 11.5 Å². The van der Waals surface area contributed by atoms with E-state index in [4.69, 9.17) is 9.47 Å². The van der Waals surface area contributed by atoms with Crippen LogP contribution in [0.15, 0.2) is 53.6 Å². The van der Waals surface area contributed by atoms with Crippen LogP contribution < -0.4 is 19.8 Å². The van der Waals surface area contributed by atoms with Crippen LogP contribution in [0.2, 0.25) is 0 Å². The minimum absolute atomic E-state index is 0.140. The molecule has 0 spiro atoms. The first-order valence-corrected chi connectivity index (χ1v) is 8.60. The van der Waals surface area contributed by atoms with E-state index in [-0.39, 0.29) is 12.5 Å². The molecular formula is C20H25N3O3. The number of ether oxygens (including phenoxy) is 2. The first-order chi connectivity index (χ1) is 12.7. The highest BCUT2D eigenvalue weighted by molar-refractivity contribution is 5.83. The van der Waals surface area contributed by atoms with Gasteiger partial charge in [-0.25, -0.2) is 5.43 Å². The smallest absolute Gasteiger partial charge is 0.277 e. The molecule has 0 aromatic heterocycles. The number of anilines is 1. The summed E-state index contributed by atoms with van der Waals surface area (Å²) in [6, 6.07) is 15.2. The Labute approximate surface area is 154 Å². The van der Waals surface area contributed by atoms with Gasteiger partial charge in [0.1, 0.15) is 0 Å². The van der Waals surface area contributed by atoms with Crippen LogP contribution in [0.3, 0.4) is 0 Å². The average molecular weight is 355 g/mol. The van der Waals surface area contributed by atoms with Gasteiger partial charge in [0.2, 0.25) is 0 Å². The number of carbonyl (C=O) groups excluding carboxylic acids is 1. The van der Waals surface area contributed by atoms with Gasteiger partial charge >= 0.3 is 0 Å². The van der Waals surface area contributed by atoms with Gasteiger partial charge in [-0.05, 0) is 43.7 Å². The van der Waals surface area contributed by atoms with Crippen LogP contribution in [0.25, 0.3) is 0 Å². The lowest BCUT2D eigenvalue weighted by Gasteiger charge is -2.20. The van der Waals surface area contributed by atoms with Crippen LogP contribution in [-0.2, 0) is 4.79 Å². The summed E-state index contributed by atoms with van der Waals surface area (Å²) in [6.07, 6.45) is 1.60. The van der Waals surface area contributed by atoms with Crippen molar-refractivity contribution in [2.24, 2.45) is 5.10 Å². The monoisotopic (exact) mass is 355 g/mol. The Balaban J connectivity index is 1.83. The van der Waals surface area contributed by atoms with Crippen molar-refractivity contribution < 1.29 is 14.3 Å². The molecule has 0 fully saturated rings. The van der Waals surface area contributed by atoms with Crippen LogP contribution in [0.1, 0.15) is 19.4 Å². The second-order valence-electron chi connectivity index (χ2n) is 5.50. The molecule has 0 atom stereocenters. The summed E-state index contributed by atoms with van der Waals surface area (Å²) < 4.78 is 10.6. The molecule has 0 bridgehead atoms. The van der Waals surface area contributed by atoms with Gasteiger partial charge < -0.3 is 14.4 Å². The molecule has 2 aromatic carbocycles. The number of rotatable bonds is 9. The molecule has 2 aromatic rings. The largest absolute Gasteiger partial charge is 0.493 e. The molecule has 1 N–H and O–H groups in total. The zero-order valence-electron chi connectivity index (χ0n) is 15.4. The van der Waals surface area contributed by atoms with E-state index in [2.05, 4.69) is 29.3 Å². The summed E-state index contributed by atoms with van der Waals surface area (Å²) in [4.78, 5) is 14.1. The fraction of sp³-hybridized carbons (Fsp3) is 0.300. The number of methoxy groups -OCH3 is 1. The molecule has 26 heavy (non-hydrogen) atoms. The molecule has 0 radical (unpaired) electrons. The second kappa shape index (κ2) is 10.1. The van der Waals surface area contributed by atoms with Gasteiger partial charge in [-0.1, -0.05) is 24.3 Å². The Morgan fingerprint density at radius 3 is 2.35 bits per heavy atom. The van der Waals surface area contributed by atoms with E-state index in [1.54, 1.807) is 25.5 Å². The van der Waals surface area contributed by atoms with E-state index in [1.807, 2.05) is 36.4 Å². The zero-order chi connectivity index (χ0) is 18.8. The van der Waals surface area contributed by atoms with E-state index in [9.17, 15) is 4.79 Å². The second-order valence-corrected chi connectivity index (χ2v) is 5.50. The van der Waals surface area contributed by atoms with Crippen molar-refractivity contribution in [1.29, 1.82) is 0 Å². The summed E-state index contributed by atoms with van der Waals surface area (Å²) in [5, 5.41) is 3.96. The average Bonchev–Trinajstić information content (AvgIpc) is 2.68. The predicted molar refractivity (Wildman–Crippen MR) is 104 cm³/mol. The van der Waals surface area contributed by atoms with Crippen molar-refractivity contribution in [3.05, 3.63) is 54.1 Å². The number of nitrogens with one attached hydrogen (secondary N) is 1. The number of para-hydroxylation sites is 2. The molecular weight excluding hydrogens is 330 g/mol. The van der Waals surface area contributed by atoms with Crippen LogP contribution in [0.4, 0.5) is 5.69 Å². The Morgan fingerprint density at radius 1 is 1.08 bits per heavy atom. The minimum atomic E-state index is -0.341. The maximum atomic E-state index is 11.8. The van der Waals surface area contributed by atoms with E-state index >= 15 is 0 Å². The molecule has 6 heteroatoms. The third kappa shape index (κ3) is 5.51. The Bertz CT molecular complexity index is 725. The van der Waals surface area contributed by atoms with Gasteiger partial charge in [0.25, 0.3) is 5.91 Å². The van der Waals surface area contributed by atoms with E-state index in [0.717, 1.165) is 18.7 Å². The molecule has 0 aliphatic carbocycles. The molecule has 0 aliphatic rings. The molecule has 0 unspecified atom stereocenters. The minimum Gasteiger partial charge on any atom is -0.493 e. The molecule has 2 rings (SSSR count). The Morgan fingerprint density at radius 2 is 1.73 bits per heavy atom. The van der Waals surface area contributed by atoms with Crippen molar-refractivity contribution in [2.45, 2.75) is 13.8 Å². The zero-order valence-corrected chi connectivity index (χ0v) is 15.4. The van der Waals surface area contributed by atoms with Crippen molar-refractivity contribution in [3.63, 3.8) is 0 Å². The first kappa shape index (κ1) is 19.3. The fourth-order valence-electron chi connectivity index (χ4n) is 2.45. The van der Waals surface area contributed by atoms with Crippen molar-refractivity contribution in [1.82, 2.24) is 5.43 Å². The van der Waals surface area contributed by atoms with E-state index in [0.29, 0.717) is 11.5 Å². The van der Waals surface area contributed by atoms with Gasteiger partial charge in [-0.3, -0.25) is 4.79 Å². The molecule has 1 amide bonds. The third-order valence-corrected chi connectivity index (χ3v) is 3.85. The molecule has 6 nitrogen and oxygen atoms in total. The molecule has 0 heterocycles. The van der Waals surface area contributed by atoms with Crippen molar-refractivity contribution in [2.75, 3.05) is 31.7 Å². The number of hydrazone groups is 1. The maximum absolute atomic E-state index is 11.8. The lowest BCUT2D eigenvalue weighted by atomic mass is 10.2. The molecule has 0 aliphatic heterocycles. The van der Waals surface area contributed by atoms with E-state index in [1.165, 1.54) is 5.69 Å². The highest BCUT2D eigenvalue weighted by atomic mass is 16.5. The van der Waals surface area contributed by atoms with Crippen LogP contribution >= 0.6 is 0 Å². The quantitative estimate of drug-likeness (QED) is 0.555. The normalized spacial score (nSPS) is 10.6. The predicted octanol–water partition coefficient (Wildman–Crippen LogP) is 3.07. The van der Waals surface area contributed by atoms with Crippen LogP contribution in [0, 0.1) is 0 Å². The Hall–Kier alpha value is -3.02. The maximum Gasteiger partial charge on any atom is 0.277 e. The van der Waals surface area contributed by atoms with Gasteiger partial charge in [0.15, 0.2) is 18.1 Å². The fourth-order valence-corrected chi connectivity index (χ4v) is 2.45. The topological polar surface area (TPSA) is 63.2 Å². The first-order valence-electron chi connectivity index (χ1n) is 8.60. The molecule has 138 valence electrons. The number of hydrogen-bond acceptors (Lipinski definition) is 5. The third-order valence-electron chi connectivity index (χ3n) is 3.85. The van der Waals surface area contributed by atoms with Gasteiger partial charge in [-0.2, -0.15) is 5.10 Å². The number of benzene rings is 2. The van der Waals surface area contributed by atoms with Crippen molar-refractivity contribution in [3.8, 4) is 11.5 Å². The van der Waals surface area contributed by atoms with Gasteiger partial charge in [0, 0.05) is 18.8 Å². The SMILES string of the molecule is CCN(CC)c1ccc(/C=N\NC(=O)COc2ccccc2OC)cc1. The highest BCUT2D eigenvalue weighted by Gasteiger charge is 2.06. The van der Waals surface area contributed by atoms with Gasteiger partial charge in [0.05, 0.1) is 13.3 Å². The number of carbonyl (C=O) groups is 1. The van der Waals surface area contributed by atoms with Crippen LogP contribution in [-0.4, -0.2) is 38.9 Å². The standard InChI is InChI=1S/C20H25N3O3/c1-4-23(5-2)17-12-10-16(11-13-17)14-21-22-20(24)15-26-19-9-7-6-8-18(19)25-3/h6-14H,4-5,15H2,1-3H3,(H,22,24)/b21-14-. The number of hydrogen-bond donors (Lipinski definition) is 1. The summed E-state index contributed by atoms with van der Waals surface area (Å²) in [6.45, 7) is 6.04. The lowest BCUT2D eigenvalue weighted by molar-refractivity contribution is -0.123. The summed E-state index contributed by atoms with van der Waals surface area (Å²) in [5.74, 6) is 0.755. The number of amides is 1. The summed E-state index contributed by atoms with van der Waals surface area (Å²) in [5.41, 5.74) is 4.53. The Kier molecular flexibility index (Phi) is 7.49. The van der Waals surface area contributed by atoms with Crippen molar-refractivity contribution >= 4 is 17.8 Å². The summed E-state index contributed by atoms with van der Waals surface area (Å²) in [7, 11) is 1.55. The lowest BCUT2D eigenvalue weighted by Crippen LogP contribution is -2.24. The number of nitrogens with zero attached hydrogens (tertiary/aromatic N) is 2. The van der Waals surface area contributed by atoms with Gasteiger partial charge in [-0.15, -0.1) is 0 Å². The summed E-state index contributed by atoms with van der Waals surface area (Å²) >= 11 is 0. The van der Waals surface area contributed by atoms with E-state index < -0.39 is 0 Å². The molecule has 0 saturated heterocycles. The molecule has 0 saturated carbocycles.